The highest BCUT2D eigenvalue weighted by Crippen LogP contribution is 2.30. The maximum atomic E-state index is 13.0. The van der Waals surface area contributed by atoms with Gasteiger partial charge in [-0.2, -0.15) is 0 Å². The molecular weight excluding hydrogens is 618 g/mol. The van der Waals surface area contributed by atoms with E-state index in [2.05, 4.69) is 19.7 Å². The molecule has 0 unspecified atom stereocenters. The third-order valence-corrected chi connectivity index (χ3v) is 5.58. The molecule has 0 saturated heterocycles. The first-order chi connectivity index (χ1) is 22.7. The molecule has 0 radical (unpaired) electrons. The van der Waals surface area contributed by atoms with Crippen LogP contribution in [0.5, 0.6) is 28.7 Å². The summed E-state index contributed by atoms with van der Waals surface area (Å²) in [6.45, 7) is 8.43. The molecule has 0 aliphatic heterocycles. The van der Waals surface area contributed by atoms with Crippen LogP contribution in [0.15, 0.2) is 98.6 Å². The van der Waals surface area contributed by atoms with Gasteiger partial charge in [0.25, 0.3) is 0 Å². The number of esters is 5. The second-order valence-corrected chi connectivity index (χ2v) is 8.60. The Kier molecular flexibility index (Phi) is 13.0. The van der Waals surface area contributed by atoms with Crippen molar-refractivity contribution in [3.05, 3.63) is 115 Å². The average molecular weight is 646 g/mol. The maximum Gasteiger partial charge on any atom is 0.343 e. The number of hydrogen-bond donors (Lipinski definition) is 1. The molecule has 0 saturated carbocycles. The van der Waals surface area contributed by atoms with Gasteiger partial charge in [0.15, 0.2) is 11.5 Å². The highest BCUT2D eigenvalue weighted by molar-refractivity contribution is 5.94. The predicted octanol–water partition coefficient (Wildman–Crippen LogP) is 4.32. The van der Waals surface area contributed by atoms with Gasteiger partial charge in [0.2, 0.25) is 20.4 Å². The number of hydrogen-bond acceptors (Lipinski definition) is 14. The molecule has 0 heterocycles. The molecule has 0 aromatic heterocycles. The summed E-state index contributed by atoms with van der Waals surface area (Å²) < 4.78 is 41.2. The number of ether oxygens (including phenoxy) is 8. The van der Waals surface area contributed by atoms with Gasteiger partial charge in [0.05, 0.1) is 11.1 Å². The molecule has 0 bridgehead atoms. The van der Waals surface area contributed by atoms with Crippen molar-refractivity contribution in [3.8, 4) is 28.7 Å². The summed E-state index contributed by atoms with van der Waals surface area (Å²) in [7, 11) is 0. The molecule has 3 rings (SSSR count). The van der Waals surface area contributed by atoms with E-state index in [9.17, 15) is 24.0 Å². The molecule has 0 aliphatic carbocycles. The molecule has 0 spiro atoms. The van der Waals surface area contributed by atoms with Crippen molar-refractivity contribution in [1.29, 1.82) is 5.41 Å². The van der Waals surface area contributed by atoms with Gasteiger partial charge < -0.3 is 43.3 Å². The molecule has 0 aliphatic rings. The largest absolute Gasteiger partial charge is 0.457 e. The third kappa shape index (κ3) is 10.8. The van der Waals surface area contributed by atoms with Crippen LogP contribution in [0, 0.1) is 5.41 Å². The van der Waals surface area contributed by atoms with E-state index in [0.29, 0.717) is 5.75 Å². The van der Waals surface area contributed by atoms with Crippen LogP contribution in [0.4, 0.5) is 0 Å². The lowest BCUT2D eigenvalue weighted by Gasteiger charge is -2.14. The van der Waals surface area contributed by atoms with Crippen molar-refractivity contribution < 1.29 is 61.9 Å². The number of carbonyl (C=O) groups excluding carboxylic acids is 5. The summed E-state index contributed by atoms with van der Waals surface area (Å²) in [6, 6.07) is 13.7. The minimum absolute atomic E-state index is 0.0248. The van der Waals surface area contributed by atoms with E-state index in [1.165, 1.54) is 60.7 Å². The van der Waals surface area contributed by atoms with Crippen molar-refractivity contribution in [2.45, 2.75) is 0 Å². The van der Waals surface area contributed by atoms with Gasteiger partial charge in [-0.15, -0.1) is 0 Å². The first-order valence-corrected chi connectivity index (χ1v) is 13.3. The predicted molar refractivity (Wildman–Crippen MR) is 162 cm³/mol. The van der Waals surface area contributed by atoms with Crippen molar-refractivity contribution in [3.63, 3.8) is 0 Å². The molecule has 242 valence electrons. The van der Waals surface area contributed by atoms with Gasteiger partial charge >= 0.3 is 29.8 Å². The van der Waals surface area contributed by atoms with Crippen LogP contribution < -0.4 is 23.7 Å². The van der Waals surface area contributed by atoms with E-state index in [4.69, 9.17) is 43.3 Å². The first-order valence-electron chi connectivity index (χ1n) is 13.3. The van der Waals surface area contributed by atoms with E-state index in [1.807, 2.05) is 0 Å². The van der Waals surface area contributed by atoms with Crippen LogP contribution in [0.3, 0.4) is 0 Å². The lowest BCUT2D eigenvalue weighted by Crippen LogP contribution is -2.13. The molecule has 14 heteroatoms. The van der Waals surface area contributed by atoms with Crippen LogP contribution in [0.2, 0.25) is 0 Å². The zero-order valence-corrected chi connectivity index (χ0v) is 24.6. The Bertz CT molecular complexity index is 1680. The smallest absolute Gasteiger partial charge is 0.343 e. The van der Waals surface area contributed by atoms with E-state index >= 15 is 0 Å². The van der Waals surface area contributed by atoms with Gasteiger partial charge in [-0.05, 0) is 60.7 Å². The van der Waals surface area contributed by atoms with Gasteiger partial charge in [-0.25, -0.2) is 24.0 Å². The Labute approximate surface area is 267 Å². The van der Waals surface area contributed by atoms with Crippen molar-refractivity contribution in [2.75, 3.05) is 20.4 Å². The molecule has 3 aromatic rings. The maximum absolute atomic E-state index is 13.0. The minimum Gasteiger partial charge on any atom is -0.457 e. The van der Waals surface area contributed by atoms with Gasteiger partial charge in [0, 0.05) is 30.0 Å². The van der Waals surface area contributed by atoms with Crippen LogP contribution in [0.25, 0.3) is 0 Å². The number of carbonyl (C=O) groups is 5. The third-order valence-electron chi connectivity index (χ3n) is 5.58. The van der Waals surface area contributed by atoms with Gasteiger partial charge in [0.1, 0.15) is 17.2 Å². The Morgan fingerprint density at radius 3 is 1.62 bits per heavy atom. The Morgan fingerprint density at radius 1 is 0.553 bits per heavy atom. The normalized spacial score (nSPS) is 9.87. The molecule has 47 heavy (non-hydrogen) atoms. The lowest BCUT2D eigenvalue weighted by atomic mass is 10.2. The molecule has 0 amide bonds. The summed E-state index contributed by atoms with van der Waals surface area (Å²) in [5.41, 5.74) is 0.261. The standard InChI is InChI=1S/C33H27NO13/c1-4-29(35)43-18-40-24-10-7-21(8-11-24)32(38)46-25-12-14-26(23(15-25)17-34)47-33(39)22-9-13-27(41-19-44-30(36)5-2)28(16-22)42-20-45-31(37)6-3/h4-17,34H,1-3,18-20H2. The first kappa shape index (κ1) is 34.8. The Morgan fingerprint density at radius 2 is 1.04 bits per heavy atom. The minimum atomic E-state index is -0.864. The summed E-state index contributed by atoms with van der Waals surface area (Å²) in [6.07, 6.45) is 3.76. The van der Waals surface area contributed by atoms with Crippen molar-refractivity contribution >= 4 is 36.1 Å². The molecular formula is C33H27NO13. The lowest BCUT2D eigenvalue weighted by molar-refractivity contribution is -0.146. The van der Waals surface area contributed by atoms with Gasteiger partial charge in [-0.3, -0.25) is 0 Å². The van der Waals surface area contributed by atoms with E-state index in [-0.39, 0.29) is 46.5 Å². The average Bonchev–Trinajstić information content (AvgIpc) is 3.09. The highest BCUT2D eigenvalue weighted by atomic mass is 16.7. The topological polar surface area (TPSA) is 183 Å². The summed E-state index contributed by atoms with van der Waals surface area (Å²) in [5.74, 6) is -3.37. The van der Waals surface area contributed by atoms with Crippen LogP contribution >= 0.6 is 0 Å². The molecule has 14 nitrogen and oxygen atoms in total. The Hall–Kier alpha value is -6.70. The van der Waals surface area contributed by atoms with Crippen LogP contribution in [-0.4, -0.2) is 56.4 Å². The Balaban J connectivity index is 1.68. The summed E-state index contributed by atoms with van der Waals surface area (Å²) >= 11 is 0. The second-order valence-electron chi connectivity index (χ2n) is 8.60. The van der Waals surface area contributed by atoms with Crippen LogP contribution in [0.1, 0.15) is 26.3 Å². The van der Waals surface area contributed by atoms with E-state index < -0.39 is 43.4 Å². The molecule has 1 N–H and O–H groups in total. The number of benzene rings is 3. The summed E-state index contributed by atoms with van der Waals surface area (Å²) in [5, 5.41) is 7.76. The fraction of sp³-hybridized carbons (Fsp3) is 0.0909. The number of rotatable bonds is 17. The van der Waals surface area contributed by atoms with Gasteiger partial charge in [-0.1, -0.05) is 19.7 Å². The van der Waals surface area contributed by atoms with E-state index in [0.717, 1.165) is 24.4 Å². The monoisotopic (exact) mass is 645 g/mol. The second kappa shape index (κ2) is 17.6. The molecule has 3 aromatic carbocycles. The zero-order valence-electron chi connectivity index (χ0n) is 24.6. The van der Waals surface area contributed by atoms with E-state index in [1.54, 1.807) is 0 Å². The zero-order chi connectivity index (χ0) is 34.2. The fourth-order valence-electron chi connectivity index (χ4n) is 3.31. The van der Waals surface area contributed by atoms with Crippen LogP contribution in [-0.2, 0) is 28.6 Å². The number of nitrogens with one attached hydrogen (secondary N) is 1. The molecule has 0 atom stereocenters. The summed E-state index contributed by atoms with van der Waals surface area (Å²) in [4.78, 5) is 59.4. The quantitative estimate of drug-likeness (QED) is 0.0547. The highest BCUT2D eigenvalue weighted by Gasteiger charge is 2.17. The SMILES string of the molecule is C=CC(=O)OCOc1ccc(C(=O)Oc2ccc(OC(=O)c3ccc(OCOC(=O)C=C)c(OCOC(=O)C=C)c3)c(C=N)c2)cc1. The molecule has 0 fully saturated rings. The van der Waals surface area contributed by atoms with Crippen molar-refractivity contribution in [2.24, 2.45) is 0 Å². The van der Waals surface area contributed by atoms with Crippen molar-refractivity contribution in [1.82, 2.24) is 0 Å². The fourth-order valence-corrected chi connectivity index (χ4v) is 3.31.